The molecular weight excluding hydrogens is 230 g/mol. The molecule has 0 saturated heterocycles. The molecule has 2 rings (SSSR count). The van der Waals surface area contributed by atoms with Crippen molar-refractivity contribution >= 4 is 5.97 Å². The third-order valence-corrected chi connectivity index (χ3v) is 3.34. The van der Waals surface area contributed by atoms with Gasteiger partial charge in [0.1, 0.15) is 6.04 Å². The molecule has 18 heavy (non-hydrogen) atoms. The van der Waals surface area contributed by atoms with Gasteiger partial charge in [0.2, 0.25) is 0 Å². The molecular formula is C14H20NO3+2. The highest BCUT2D eigenvalue weighted by molar-refractivity contribution is 5.88. The average molecular weight is 250 g/mol. The SMILES string of the molecule is C[O+]c1ccc(C(=O)O[NH2+]C2CCCCC2)cc1. The minimum Gasteiger partial charge on any atom is -0.274 e. The molecule has 0 heterocycles. The number of methoxy groups -OCH3 is 1. The van der Waals surface area contributed by atoms with Gasteiger partial charge in [-0.2, -0.15) is 5.48 Å². The fourth-order valence-electron chi connectivity index (χ4n) is 2.22. The fourth-order valence-corrected chi connectivity index (χ4v) is 2.22. The lowest BCUT2D eigenvalue weighted by molar-refractivity contribution is -0.895. The minimum absolute atomic E-state index is 0.289. The van der Waals surface area contributed by atoms with Crippen LogP contribution in [0.4, 0.5) is 0 Å². The van der Waals surface area contributed by atoms with E-state index >= 15 is 0 Å². The highest BCUT2D eigenvalue weighted by Gasteiger charge is 2.19. The predicted octanol–water partition coefficient (Wildman–Crippen LogP) is 1.66. The highest BCUT2D eigenvalue weighted by atomic mass is 16.7. The number of hydrogen-bond donors (Lipinski definition) is 1. The first-order valence-electron chi connectivity index (χ1n) is 6.48. The normalized spacial score (nSPS) is 16.3. The number of ether oxygens (including phenoxy) is 1. The first-order chi connectivity index (χ1) is 8.79. The summed E-state index contributed by atoms with van der Waals surface area (Å²) >= 11 is 0. The van der Waals surface area contributed by atoms with Crippen molar-refractivity contribution in [2.24, 2.45) is 0 Å². The summed E-state index contributed by atoms with van der Waals surface area (Å²) in [6, 6.07) is 7.39. The molecule has 2 N–H and O–H groups in total. The molecule has 1 aliphatic carbocycles. The van der Waals surface area contributed by atoms with Gasteiger partial charge in [0, 0.05) is 25.0 Å². The second kappa shape index (κ2) is 6.40. The summed E-state index contributed by atoms with van der Waals surface area (Å²) in [5, 5.41) is 0. The summed E-state index contributed by atoms with van der Waals surface area (Å²) in [5.74, 6) is 0.450. The van der Waals surface area contributed by atoms with Gasteiger partial charge in [-0.3, -0.25) is 9.57 Å². The van der Waals surface area contributed by atoms with E-state index in [-0.39, 0.29) is 5.97 Å². The number of carbonyl (C=O) groups excluding carboxylic acids is 1. The van der Waals surface area contributed by atoms with Crippen LogP contribution in [-0.4, -0.2) is 19.1 Å². The van der Waals surface area contributed by atoms with Crippen LogP contribution in [0, 0.1) is 0 Å². The second-order valence-electron chi connectivity index (χ2n) is 4.67. The van der Waals surface area contributed by atoms with Gasteiger partial charge in [0.25, 0.3) is 7.11 Å². The quantitative estimate of drug-likeness (QED) is 0.653. The number of carbonyl (C=O) groups is 1. The molecule has 0 aliphatic heterocycles. The van der Waals surface area contributed by atoms with E-state index in [0.29, 0.717) is 11.6 Å². The van der Waals surface area contributed by atoms with Crippen LogP contribution in [-0.2, 0) is 4.84 Å². The van der Waals surface area contributed by atoms with Crippen LogP contribution >= 0.6 is 0 Å². The van der Waals surface area contributed by atoms with Crippen LogP contribution in [0.2, 0.25) is 0 Å². The molecule has 1 aromatic carbocycles. The number of quaternary nitrogens is 1. The van der Waals surface area contributed by atoms with Crippen LogP contribution < -0.4 is 10.2 Å². The first kappa shape index (κ1) is 12.9. The number of nitrogens with two attached hydrogens (primary N) is 1. The van der Waals surface area contributed by atoms with Crippen molar-refractivity contribution in [2.75, 3.05) is 7.11 Å². The van der Waals surface area contributed by atoms with Crippen molar-refractivity contribution in [1.29, 1.82) is 0 Å². The number of hydroxylamine groups is 1. The zero-order valence-corrected chi connectivity index (χ0v) is 10.7. The maximum Gasteiger partial charge on any atom is 0.397 e. The van der Waals surface area contributed by atoms with Crippen LogP contribution in [0.3, 0.4) is 0 Å². The Morgan fingerprint density at radius 2 is 1.89 bits per heavy atom. The summed E-state index contributed by atoms with van der Waals surface area (Å²) < 4.78 is 5.04. The smallest absolute Gasteiger partial charge is 0.274 e. The largest absolute Gasteiger partial charge is 0.397 e. The summed E-state index contributed by atoms with van der Waals surface area (Å²) in [5.41, 5.74) is 2.27. The number of rotatable bonds is 4. The molecule has 0 bridgehead atoms. The van der Waals surface area contributed by atoms with E-state index in [1.165, 1.54) is 19.3 Å². The Morgan fingerprint density at radius 1 is 1.22 bits per heavy atom. The van der Waals surface area contributed by atoms with Crippen LogP contribution in [0.1, 0.15) is 42.5 Å². The van der Waals surface area contributed by atoms with Crippen LogP contribution in [0.5, 0.6) is 5.75 Å². The Bertz CT molecular complexity index is 383. The van der Waals surface area contributed by atoms with Crippen molar-refractivity contribution in [3.05, 3.63) is 29.8 Å². The first-order valence-corrected chi connectivity index (χ1v) is 6.48. The minimum atomic E-state index is -0.289. The zero-order valence-electron chi connectivity index (χ0n) is 10.7. The van der Waals surface area contributed by atoms with Crippen molar-refractivity contribution in [1.82, 2.24) is 0 Å². The Morgan fingerprint density at radius 3 is 2.50 bits per heavy atom. The van der Waals surface area contributed by atoms with Crippen LogP contribution in [0.25, 0.3) is 0 Å². The van der Waals surface area contributed by atoms with E-state index in [0.717, 1.165) is 18.6 Å². The maximum atomic E-state index is 11.8. The lowest BCUT2D eigenvalue weighted by Crippen LogP contribution is -2.90. The molecule has 4 nitrogen and oxygen atoms in total. The molecule has 1 saturated carbocycles. The lowest BCUT2D eigenvalue weighted by Gasteiger charge is -2.17. The Labute approximate surface area is 107 Å². The van der Waals surface area contributed by atoms with Crippen molar-refractivity contribution < 1.29 is 19.8 Å². The van der Waals surface area contributed by atoms with E-state index < -0.39 is 0 Å². The van der Waals surface area contributed by atoms with Gasteiger partial charge >= 0.3 is 11.7 Å². The average Bonchev–Trinajstić information content (AvgIpc) is 2.46. The molecule has 1 fully saturated rings. The molecule has 0 spiro atoms. The maximum absolute atomic E-state index is 11.8. The summed E-state index contributed by atoms with van der Waals surface area (Å²) in [4.78, 5) is 17.0. The molecule has 0 atom stereocenters. The fraction of sp³-hybridized carbons (Fsp3) is 0.500. The number of hydrogen-bond acceptors (Lipinski definition) is 3. The van der Waals surface area contributed by atoms with E-state index in [4.69, 9.17) is 9.57 Å². The number of benzene rings is 1. The third kappa shape index (κ3) is 3.47. The van der Waals surface area contributed by atoms with Gasteiger partial charge in [-0.15, -0.1) is 0 Å². The van der Waals surface area contributed by atoms with Crippen molar-refractivity contribution in [2.45, 2.75) is 38.1 Å². The molecule has 1 aromatic rings. The van der Waals surface area contributed by atoms with E-state index in [1.54, 1.807) is 36.9 Å². The molecule has 0 unspecified atom stereocenters. The Hall–Kier alpha value is -1.55. The zero-order chi connectivity index (χ0) is 12.8. The lowest BCUT2D eigenvalue weighted by atomic mass is 9.96. The molecule has 0 aromatic heterocycles. The molecule has 4 heteroatoms. The topological polar surface area (TPSA) is 54.2 Å². The van der Waals surface area contributed by atoms with Gasteiger partial charge < -0.3 is 0 Å². The van der Waals surface area contributed by atoms with E-state index in [2.05, 4.69) is 0 Å². The van der Waals surface area contributed by atoms with E-state index in [1.807, 2.05) is 0 Å². The standard InChI is InChI=1S/C14H19NO3/c1-17-13-9-7-11(8-10-13)14(16)18-15-12-5-3-2-4-6-12/h7-10,12,15H,2-6H2,1H3/q+1/p+1. The van der Waals surface area contributed by atoms with Gasteiger partial charge in [-0.25, -0.2) is 4.79 Å². The molecule has 0 amide bonds. The second-order valence-corrected chi connectivity index (χ2v) is 4.67. The van der Waals surface area contributed by atoms with Gasteiger partial charge in [0.05, 0.1) is 5.56 Å². The molecule has 1 aliphatic rings. The predicted molar refractivity (Wildman–Crippen MR) is 67.2 cm³/mol. The van der Waals surface area contributed by atoms with Crippen molar-refractivity contribution in [3.8, 4) is 5.75 Å². The van der Waals surface area contributed by atoms with Crippen molar-refractivity contribution in [3.63, 3.8) is 0 Å². The van der Waals surface area contributed by atoms with Gasteiger partial charge in [-0.1, -0.05) is 6.42 Å². The highest BCUT2D eigenvalue weighted by Crippen LogP contribution is 2.15. The monoisotopic (exact) mass is 250 g/mol. The Kier molecular flexibility index (Phi) is 4.59. The molecule has 97 valence electrons. The summed E-state index contributed by atoms with van der Waals surface area (Å²) in [6.45, 7) is 0. The van der Waals surface area contributed by atoms with Gasteiger partial charge in [0.15, 0.2) is 0 Å². The van der Waals surface area contributed by atoms with Crippen LogP contribution in [0.15, 0.2) is 24.3 Å². The summed E-state index contributed by atoms with van der Waals surface area (Å²) in [6.07, 6.45) is 6.05. The summed E-state index contributed by atoms with van der Waals surface area (Å²) in [7, 11) is 1.60. The van der Waals surface area contributed by atoms with E-state index in [9.17, 15) is 4.79 Å². The Balaban J connectivity index is 1.82. The third-order valence-electron chi connectivity index (χ3n) is 3.34. The van der Waals surface area contributed by atoms with Gasteiger partial charge in [-0.05, 0) is 25.0 Å². The molecule has 1 radical (unpaired) electrons.